The van der Waals surface area contributed by atoms with Gasteiger partial charge in [-0.3, -0.25) is 4.79 Å². The molecule has 2 aromatic carbocycles. The van der Waals surface area contributed by atoms with Crippen molar-refractivity contribution in [2.45, 2.75) is 17.9 Å². The SMILES string of the molecule is C[C@@H](c1ccc(S(N)(=O)=O)cc1)N(C)C(=O)c1cc2c(F)cccc2s1. The predicted octanol–water partition coefficient (Wildman–Crippen LogP) is 3.52. The maximum atomic E-state index is 13.8. The molecule has 0 fully saturated rings. The molecule has 1 aromatic heterocycles. The normalized spacial score (nSPS) is 12.9. The van der Waals surface area contributed by atoms with Crippen LogP contribution in [0.25, 0.3) is 10.1 Å². The van der Waals surface area contributed by atoms with Crippen molar-refractivity contribution in [3.05, 3.63) is 64.8 Å². The lowest BCUT2D eigenvalue weighted by atomic mass is 10.1. The summed E-state index contributed by atoms with van der Waals surface area (Å²) in [5.74, 6) is -0.583. The standard InChI is InChI=1S/C18H17FN2O3S2/c1-11(12-6-8-13(9-7-12)26(20,23)24)21(2)18(22)17-10-14-15(19)4-3-5-16(14)25-17/h3-11H,1-2H3,(H2,20,23,24)/t11-/m0/s1. The van der Waals surface area contributed by atoms with E-state index in [1.54, 1.807) is 37.4 Å². The molecule has 1 amide bonds. The van der Waals surface area contributed by atoms with Crippen molar-refractivity contribution in [1.29, 1.82) is 0 Å². The van der Waals surface area contributed by atoms with Crippen LogP contribution in [0.2, 0.25) is 0 Å². The third kappa shape index (κ3) is 3.48. The molecule has 0 spiro atoms. The maximum absolute atomic E-state index is 13.8. The summed E-state index contributed by atoms with van der Waals surface area (Å²) in [5.41, 5.74) is 0.764. The molecule has 0 aliphatic rings. The Morgan fingerprint density at radius 3 is 2.42 bits per heavy atom. The Kier molecular flexibility index (Phi) is 4.83. The van der Waals surface area contributed by atoms with Gasteiger partial charge in [0.2, 0.25) is 10.0 Å². The summed E-state index contributed by atoms with van der Waals surface area (Å²) in [6.45, 7) is 1.83. The number of amides is 1. The predicted molar refractivity (Wildman–Crippen MR) is 100 cm³/mol. The molecule has 26 heavy (non-hydrogen) atoms. The fraction of sp³-hybridized carbons (Fsp3) is 0.167. The van der Waals surface area contributed by atoms with Gasteiger partial charge < -0.3 is 4.90 Å². The third-order valence-electron chi connectivity index (χ3n) is 4.31. The lowest BCUT2D eigenvalue weighted by Gasteiger charge is -2.25. The van der Waals surface area contributed by atoms with Crippen LogP contribution in [-0.2, 0) is 10.0 Å². The van der Waals surface area contributed by atoms with Crippen molar-refractivity contribution in [3.63, 3.8) is 0 Å². The number of halogens is 1. The van der Waals surface area contributed by atoms with Crippen LogP contribution in [0.3, 0.4) is 0 Å². The zero-order valence-electron chi connectivity index (χ0n) is 14.1. The number of thiophene rings is 1. The first-order valence-electron chi connectivity index (χ1n) is 7.76. The Morgan fingerprint density at radius 2 is 1.85 bits per heavy atom. The van der Waals surface area contributed by atoms with Gasteiger partial charge in [0.15, 0.2) is 0 Å². The van der Waals surface area contributed by atoms with Crippen LogP contribution < -0.4 is 5.14 Å². The van der Waals surface area contributed by atoms with E-state index in [1.807, 2.05) is 6.92 Å². The lowest BCUT2D eigenvalue weighted by Crippen LogP contribution is -2.29. The van der Waals surface area contributed by atoms with Crippen molar-refractivity contribution < 1.29 is 17.6 Å². The van der Waals surface area contributed by atoms with Crippen molar-refractivity contribution in [1.82, 2.24) is 4.90 Å². The van der Waals surface area contributed by atoms with Gasteiger partial charge in [0.1, 0.15) is 5.82 Å². The smallest absolute Gasteiger partial charge is 0.264 e. The fourth-order valence-corrected chi connectivity index (χ4v) is 4.21. The molecule has 0 bridgehead atoms. The summed E-state index contributed by atoms with van der Waals surface area (Å²) in [6.07, 6.45) is 0. The Hall–Kier alpha value is -2.29. The number of nitrogens with zero attached hydrogens (tertiary/aromatic N) is 1. The number of hydrogen-bond acceptors (Lipinski definition) is 4. The Labute approximate surface area is 154 Å². The average Bonchev–Trinajstić information content (AvgIpc) is 3.05. The first-order valence-corrected chi connectivity index (χ1v) is 10.1. The number of fused-ring (bicyclic) bond motifs is 1. The minimum Gasteiger partial charge on any atom is -0.334 e. The van der Waals surface area contributed by atoms with E-state index in [1.165, 1.54) is 34.4 Å². The Bertz CT molecular complexity index is 1080. The molecule has 5 nitrogen and oxygen atoms in total. The molecule has 3 rings (SSSR count). The molecule has 0 unspecified atom stereocenters. The first kappa shape index (κ1) is 18.5. The summed E-state index contributed by atoms with van der Waals surface area (Å²) in [6, 6.07) is 12.1. The highest BCUT2D eigenvalue weighted by Crippen LogP contribution is 2.30. The van der Waals surface area contributed by atoms with Crippen molar-refractivity contribution in [2.75, 3.05) is 7.05 Å². The van der Waals surface area contributed by atoms with Crippen LogP contribution in [0.1, 0.15) is 28.2 Å². The maximum Gasteiger partial charge on any atom is 0.264 e. The highest BCUT2D eigenvalue weighted by atomic mass is 32.2. The van der Waals surface area contributed by atoms with Crippen LogP contribution in [0.15, 0.2) is 53.4 Å². The molecule has 0 aliphatic carbocycles. The Morgan fingerprint density at radius 1 is 1.19 bits per heavy atom. The van der Waals surface area contributed by atoms with Crippen LogP contribution in [0.5, 0.6) is 0 Å². The van der Waals surface area contributed by atoms with E-state index in [4.69, 9.17) is 5.14 Å². The zero-order chi connectivity index (χ0) is 19.1. The van der Waals surface area contributed by atoms with Crippen LogP contribution in [0.4, 0.5) is 4.39 Å². The molecule has 8 heteroatoms. The molecule has 3 aromatic rings. The second-order valence-electron chi connectivity index (χ2n) is 5.97. The van der Waals surface area contributed by atoms with Gasteiger partial charge in [0.05, 0.1) is 15.8 Å². The highest BCUT2D eigenvalue weighted by Gasteiger charge is 2.22. The van der Waals surface area contributed by atoms with Gasteiger partial charge in [0.25, 0.3) is 5.91 Å². The summed E-state index contributed by atoms with van der Waals surface area (Å²) >= 11 is 1.24. The van der Waals surface area contributed by atoms with Crippen molar-refractivity contribution in [3.8, 4) is 0 Å². The summed E-state index contributed by atoms with van der Waals surface area (Å²) in [5, 5.41) is 5.52. The van der Waals surface area contributed by atoms with Gasteiger partial charge >= 0.3 is 0 Å². The van der Waals surface area contributed by atoms with Gasteiger partial charge in [0, 0.05) is 17.1 Å². The lowest BCUT2D eigenvalue weighted by molar-refractivity contribution is 0.0747. The van der Waals surface area contributed by atoms with Gasteiger partial charge in [-0.05, 0) is 42.8 Å². The average molecular weight is 392 g/mol. The number of nitrogens with two attached hydrogens (primary N) is 1. The zero-order valence-corrected chi connectivity index (χ0v) is 15.8. The van der Waals surface area contributed by atoms with E-state index in [0.29, 0.717) is 15.0 Å². The number of sulfonamides is 1. The molecular formula is C18H17FN2O3S2. The fourth-order valence-electron chi connectivity index (χ4n) is 2.64. The molecule has 1 heterocycles. The second-order valence-corrected chi connectivity index (χ2v) is 8.61. The highest BCUT2D eigenvalue weighted by molar-refractivity contribution is 7.89. The molecule has 0 saturated heterocycles. The number of carbonyl (C=O) groups excluding carboxylic acids is 1. The number of benzene rings is 2. The Balaban J connectivity index is 1.86. The van der Waals surface area contributed by atoms with Gasteiger partial charge in [-0.15, -0.1) is 11.3 Å². The van der Waals surface area contributed by atoms with Crippen LogP contribution >= 0.6 is 11.3 Å². The number of hydrogen-bond donors (Lipinski definition) is 1. The monoisotopic (exact) mass is 392 g/mol. The van der Waals surface area contributed by atoms with Crippen molar-refractivity contribution in [2.24, 2.45) is 5.14 Å². The molecule has 0 radical (unpaired) electrons. The summed E-state index contributed by atoms with van der Waals surface area (Å²) < 4.78 is 37.2. The topological polar surface area (TPSA) is 80.5 Å². The van der Waals surface area contributed by atoms with Crippen molar-refractivity contribution >= 4 is 37.4 Å². The van der Waals surface area contributed by atoms with Crippen LogP contribution in [0, 0.1) is 5.82 Å². The van der Waals surface area contributed by atoms with Gasteiger partial charge in [-0.25, -0.2) is 17.9 Å². The molecule has 136 valence electrons. The number of carbonyl (C=O) groups is 1. The van der Waals surface area contributed by atoms with E-state index in [-0.39, 0.29) is 22.7 Å². The third-order valence-corrected chi connectivity index (χ3v) is 6.33. The minimum absolute atomic E-state index is 0.0161. The summed E-state index contributed by atoms with van der Waals surface area (Å²) in [7, 11) is -2.10. The number of primary sulfonamides is 1. The summed E-state index contributed by atoms with van der Waals surface area (Å²) in [4.78, 5) is 14.8. The quantitative estimate of drug-likeness (QED) is 0.738. The molecule has 0 aliphatic heterocycles. The molecule has 2 N–H and O–H groups in total. The molecular weight excluding hydrogens is 375 g/mol. The van der Waals surface area contributed by atoms with E-state index in [0.717, 1.165) is 5.56 Å². The van der Waals surface area contributed by atoms with E-state index in [2.05, 4.69) is 0 Å². The second kappa shape index (κ2) is 6.79. The van der Waals surface area contributed by atoms with Gasteiger partial charge in [-0.1, -0.05) is 18.2 Å². The number of rotatable bonds is 4. The van der Waals surface area contributed by atoms with Gasteiger partial charge in [-0.2, -0.15) is 0 Å². The largest absolute Gasteiger partial charge is 0.334 e. The van der Waals surface area contributed by atoms with Crippen LogP contribution in [-0.4, -0.2) is 26.3 Å². The molecule has 1 atom stereocenters. The molecule has 0 saturated carbocycles. The first-order chi connectivity index (χ1) is 12.2. The van der Waals surface area contributed by atoms with E-state index >= 15 is 0 Å². The van der Waals surface area contributed by atoms with E-state index < -0.39 is 10.0 Å². The van der Waals surface area contributed by atoms with E-state index in [9.17, 15) is 17.6 Å². The minimum atomic E-state index is -3.76.